The second kappa shape index (κ2) is 22.8. The second-order valence-corrected chi connectivity index (χ2v) is 12.3. The average molecular weight is 429 g/mol. The van der Waals surface area contributed by atoms with Crippen LogP contribution in [0.4, 0.5) is 0 Å². The summed E-state index contributed by atoms with van der Waals surface area (Å²) in [6.45, 7) is 10.5. The van der Waals surface area contributed by atoms with E-state index in [1.54, 1.807) is 0 Å². The third-order valence-electron chi connectivity index (χ3n) is 6.14. The normalized spacial score (nSPS) is 12.0. The molecule has 0 saturated heterocycles. The van der Waals surface area contributed by atoms with Crippen LogP contribution in [0.25, 0.3) is 0 Å². The highest BCUT2D eigenvalue weighted by Gasteiger charge is 2.35. The summed E-state index contributed by atoms with van der Waals surface area (Å²) in [4.78, 5) is 0. The van der Waals surface area contributed by atoms with Gasteiger partial charge in [0.1, 0.15) is 0 Å². The van der Waals surface area contributed by atoms with E-state index in [1.165, 1.54) is 128 Å². The summed E-state index contributed by atoms with van der Waals surface area (Å²) in [5.41, 5.74) is 0. The molecule has 0 aromatic heterocycles. The number of hydrogen-bond donors (Lipinski definition) is 0. The minimum atomic E-state index is -1.94. The van der Waals surface area contributed by atoms with E-state index in [9.17, 15) is 0 Å². The molecule has 0 aliphatic heterocycles. The van der Waals surface area contributed by atoms with Gasteiger partial charge in [-0.1, -0.05) is 129 Å². The van der Waals surface area contributed by atoms with Crippen molar-refractivity contribution in [3.05, 3.63) is 0 Å². The van der Waals surface area contributed by atoms with Crippen molar-refractivity contribution in [3.63, 3.8) is 0 Å². The zero-order chi connectivity index (χ0) is 21.5. The molecule has 176 valence electrons. The second-order valence-electron chi connectivity index (χ2n) is 8.93. The summed E-state index contributed by atoms with van der Waals surface area (Å²) in [7, 11) is -1.94. The van der Waals surface area contributed by atoms with Gasteiger partial charge in [-0.25, -0.2) is 0 Å². The van der Waals surface area contributed by atoms with Crippen LogP contribution in [-0.2, 0) is 8.85 Å². The highest BCUT2D eigenvalue weighted by Crippen LogP contribution is 2.26. The number of hydrogen-bond acceptors (Lipinski definition) is 2. The van der Waals surface area contributed by atoms with Gasteiger partial charge in [0.2, 0.25) is 0 Å². The molecule has 0 bridgehead atoms. The van der Waals surface area contributed by atoms with Crippen LogP contribution in [-0.4, -0.2) is 21.8 Å². The predicted molar refractivity (Wildman–Crippen MR) is 133 cm³/mol. The van der Waals surface area contributed by atoms with E-state index in [-0.39, 0.29) is 0 Å². The molecule has 0 aliphatic carbocycles. The first-order valence-corrected chi connectivity index (χ1v) is 15.8. The van der Waals surface area contributed by atoms with Crippen LogP contribution in [0.2, 0.25) is 12.1 Å². The van der Waals surface area contributed by atoms with Crippen molar-refractivity contribution in [3.8, 4) is 0 Å². The SMILES string of the molecule is CCCCCCCCCCCCCCCCC[Si](CCCCC)(OCC)OCC. The van der Waals surface area contributed by atoms with E-state index in [0.717, 1.165) is 13.2 Å². The molecule has 0 heterocycles. The fraction of sp³-hybridized carbons (Fsp3) is 1.00. The first-order chi connectivity index (χ1) is 14.2. The molecule has 0 aromatic rings. The molecule has 0 atom stereocenters. The van der Waals surface area contributed by atoms with E-state index in [0.29, 0.717) is 0 Å². The Balaban J connectivity index is 3.63. The Morgan fingerprint density at radius 3 is 1.00 bits per heavy atom. The van der Waals surface area contributed by atoms with Crippen molar-refractivity contribution < 1.29 is 8.85 Å². The molecular formula is C26H56O2Si. The Kier molecular flexibility index (Phi) is 22.9. The average Bonchev–Trinajstić information content (AvgIpc) is 2.71. The van der Waals surface area contributed by atoms with E-state index in [1.807, 2.05) is 0 Å². The van der Waals surface area contributed by atoms with Gasteiger partial charge < -0.3 is 8.85 Å². The fourth-order valence-corrected chi connectivity index (χ4v) is 7.93. The van der Waals surface area contributed by atoms with Gasteiger partial charge in [-0.2, -0.15) is 0 Å². The molecule has 0 N–H and O–H groups in total. The quantitative estimate of drug-likeness (QED) is 0.112. The minimum absolute atomic E-state index is 0.817. The maximum absolute atomic E-state index is 6.25. The van der Waals surface area contributed by atoms with Gasteiger partial charge in [-0.3, -0.25) is 0 Å². The van der Waals surface area contributed by atoms with Gasteiger partial charge in [0.05, 0.1) is 0 Å². The molecule has 0 spiro atoms. The van der Waals surface area contributed by atoms with Gasteiger partial charge in [-0.15, -0.1) is 0 Å². The lowest BCUT2D eigenvalue weighted by molar-refractivity contribution is 0.180. The molecule has 0 fully saturated rings. The Morgan fingerprint density at radius 2 is 0.655 bits per heavy atom. The van der Waals surface area contributed by atoms with E-state index in [4.69, 9.17) is 8.85 Å². The third kappa shape index (κ3) is 18.6. The number of unbranched alkanes of at least 4 members (excludes halogenated alkanes) is 16. The van der Waals surface area contributed by atoms with Crippen LogP contribution >= 0.6 is 0 Å². The summed E-state index contributed by atoms with van der Waals surface area (Å²) in [5, 5.41) is 0. The molecule has 0 rings (SSSR count). The minimum Gasteiger partial charge on any atom is -0.394 e. The van der Waals surface area contributed by atoms with Crippen molar-refractivity contribution in [2.45, 2.75) is 155 Å². The lowest BCUT2D eigenvalue weighted by atomic mass is 10.0. The van der Waals surface area contributed by atoms with Crippen LogP contribution in [0.1, 0.15) is 143 Å². The van der Waals surface area contributed by atoms with Crippen molar-refractivity contribution in [1.29, 1.82) is 0 Å². The van der Waals surface area contributed by atoms with E-state index < -0.39 is 8.56 Å². The lowest BCUT2D eigenvalue weighted by Crippen LogP contribution is -2.42. The van der Waals surface area contributed by atoms with Gasteiger partial charge in [0, 0.05) is 13.2 Å². The Labute approximate surface area is 186 Å². The standard InChI is InChI=1S/C26H56O2Si/c1-5-9-11-12-13-14-15-16-17-18-19-20-21-22-24-26-29(27-7-3,28-8-4)25-23-10-6-2/h5-26H2,1-4H3. The van der Waals surface area contributed by atoms with Gasteiger partial charge in [0.15, 0.2) is 0 Å². The number of rotatable bonds is 24. The summed E-state index contributed by atoms with van der Waals surface area (Å²) in [6.07, 6.45) is 25.3. The molecule has 0 unspecified atom stereocenters. The molecule has 0 saturated carbocycles. The van der Waals surface area contributed by atoms with Crippen LogP contribution < -0.4 is 0 Å². The van der Waals surface area contributed by atoms with Crippen LogP contribution in [0.15, 0.2) is 0 Å². The maximum Gasteiger partial charge on any atom is 0.338 e. The van der Waals surface area contributed by atoms with Crippen LogP contribution in [0, 0.1) is 0 Å². The smallest absolute Gasteiger partial charge is 0.338 e. The van der Waals surface area contributed by atoms with E-state index in [2.05, 4.69) is 27.7 Å². The van der Waals surface area contributed by atoms with Crippen LogP contribution in [0.5, 0.6) is 0 Å². The van der Waals surface area contributed by atoms with Gasteiger partial charge >= 0.3 is 8.56 Å². The van der Waals surface area contributed by atoms with Crippen molar-refractivity contribution in [1.82, 2.24) is 0 Å². The van der Waals surface area contributed by atoms with Crippen molar-refractivity contribution in [2.75, 3.05) is 13.2 Å². The molecular weight excluding hydrogens is 372 g/mol. The zero-order valence-corrected chi connectivity index (χ0v) is 21.9. The highest BCUT2D eigenvalue weighted by atomic mass is 28.4. The molecule has 29 heavy (non-hydrogen) atoms. The van der Waals surface area contributed by atoms with Gasteiger partial charge in [0.25, 0.3) is 0 Å². The fourth-order valence-electron chi connectivity index (χ4n) is 4.39. The largest absolute Gasteiger partial charge is 0.394 e. The Morgan fingerprint density at radius 1 is 0.379 bits per heavy atom. The van der Waals surface area contributed by atoms with Crippen molar-refractivity contribution >= 4 is 8.56 Å². The highest BCUT2D eigenvalue weighted by molar-refractivity contribution is 6.67. The first kappa shape index (κ1) is 29.1. The summed E-state index contributed by atoms with van der Waals surface area (Å²) < 4.78 is 12.5. The summed E-state index contributed by atoms with van der Waals surface area (Å²) >= 11 is 0. The van der Waals surface area contributed by atoms with Crippen LogP contribution in [0.3, 0.4) is 0 Å². The molecule has 3 heteroatoms. The van der Waals surface area contributed by atoms with E-state index >= 15 is 0 Å². The summed E-state index contributed by atoms with van der Waals surface area (Å²) in [5.74, 6) is 0. The molecule has 2 nitrogen and oxygen atoms in total. The zero-order valence-electron chi connectivity index (χ0n) is 20.9. The molecule has 0 amide bonds. The van der Waals surface area contributed by atoms with Gasteiger partial charge in [-0.05, 0) is 25.9 Å². The molecule has 0 radical (unpaired) electrons. The molecule has 0 aliphatic rings. The third-order valence-corrected chi connectivity index (χ3v) is 10.00. The topological polar surface area (TPSA) is 18.5 Å². The Hall–Kier alpha value is 0.137. The Bertz CT molecular complexity index is 303. The first-order valence-electron chi connectivity index (χ1n) is 13.5. The lowest BCUT2D eigenvalue weighted by Gasteiger charge is -2.30. The summed E-state index contributed by atoms with van der Waals surface area (Å²) in [6, 6.07) is 2.40. The van der Waals surface area contributed by atoms with Crippen molar-refractivity contribution in [2.24, 2.45) is 0 Å². The maximum atomic E-state index is 6.25. The monoisotopic (exact) mass is 428 g/mol. The predicted octanol–water partition coefficient (Wildman–Crippen LogP) is 9.56. The molecule has 0 aromatic carbocycles.